The number of nitrogens with one attached hydrogen (secondary N) is 2. The highest BCUT2D eigenvalue weighted by molar-refractivity contribution is 5.81. The molecule has 1 atom stereocenters. The van der Waals surface area contributed by atoms with Gasteiger partial charge in [0, 0.05) is 11.4 Å². The Kier molecular flexibility index (Phi) is 2.40. The van der Waals surface area contributed by atoms with Crippen molar-refractivity contribution in [1.82, 2.24) is 15.5 Å². The molecule has 1 saturated carbocycles. The number of nitrogens with zero attached hydrogens (tertiary/aromatic N) is 1. The fraction of sp³-hybridized carbons (Fsp3) is 0.462. The highest BCUT2D eigenvalue weighted by Gasteiger charge is 2.21. The lowest BCUT2D eigenvalue weighted by Gasteiger charge is -2.14. The second-order valence-electron chi connectivity index (χ2n) is 4.75. The Morgan fingerprint density at radius 3 is 3.19 bits per heavy atom. The summed E-state index contributed by atoms with van der Waals surface area (Å²) in [5.41, 5.74) is 2.46. The molecule has 0 saturated heterocycles. The summed E-state index contributed by atoms with van der Waals surface area (Å²) < 4.78 is 0. The van der Waals surface area contributed by atoms with E-state index in [1.165, 1.54) is 23.8 Å². The Bertz CT molecular complexity index is 485. The summed E-state index contributed by atoms with van der Waals surface area (Å²) in [4.78, 5) is 0. The van der Waals surface area contributed by atoms with Gasteiger partial charge in [-0.15, -0.1) is 0 Å². The largest absolute Gasteiger partial charge is 0.310 e. The van der Waals surface area contributed by atoms with Crippen LogP contribution in [-0.2, 0) is 0 Å². The Morgan fingerprint density at radius 1 is 1.50 bits per heavy atom. The summed E-state index contributed by atoms with van der Waals surface area (Å²) in [6, 6.07) is 6.74. The molecule has 2 N–H and O–H groups in total. The molecular formula is C13H17N3. The van der Waals surface area contributed by atoms with E-state index in [1.54, 1.807) is 0 Å². The molecule has 0 aliphatic heterocycles. The molecule has 1 unspecified atom stereocenters. The number of aromatic amines is 1. The summed E-state index contributed by atoms with van der Waals surface area (Å²) in [5.74, 6) is 0.922. The molecule has 84 valence electrons. The number of aromatic nitrogens is 2. The van der Waals surface area contributed by atoms with E-state index in [0.717, 1.165) is 18.0 Å². The van der Waals surface area contributed by atoms with Gasteiger partial charge in [0.15, 0.2) is 0 Å². The number of fused-ring (bicyclic) bond motifs is 1. The highest BCUT2D eigenvalue weighted by Crippen LogP contribution is 2.29. The summed E-state index contributed by atoms with van der Waals surface area (Å²) in [5, 5.41) is 11.9. The fourth-order valence-corrected chi connectivity index (χ4v) is 2.14. The van der Waals surface area contributed by atoms with Gasteiger partial charge in [0.05, 0.1) is 11.7 Å². The molecule has 1 aromatic carbocycles. The maximum atomic E-state index is 4.10. The minimum absolute atomic E-state index is 0.405. The molecule has 1 aromatic heterocycles. The van der Waals surface area contributed by atoms with E-state index in [2.05, 4.69) is 40.6 Å². The Morgan fingerprint density at radius 2 is 2.38 bits per heavy atom. The summed E-state index contributed by atoms with van der Waals surface area (Å²) in [6.45, 7) is 3.37. The summed E-state index contributed by atoms with van der Waals surface area (Å²) in [6.07, 6.45) is 4.71. The lowest BCUT2D eigenvalue weighted by atomic mass is 10.0. The molecule has 3 rings (SSSR count). The van der Waals surface area contributed by atoms with E-state index >= 15 is 0 Å². The van der Waals surface area contributed by atoms with Crippen molar-refractivity contribution in [2.45, 2.75) is 25.8 Å². The van der Waals surface area contributed by atoms with Crippen LogP contribution in [0.5, 0.6) is 0 Å². The van der Waals surface area contributed by atoms with Crippen LogP contribution >= 0.6 is 0 Å². The third-order valence-electron chi connectivity index (χ3n) is 3.39. The first-order chi connectivity index (χ1) is 7.84. The fourth-order valence-electron chi connectivity index (χ4n) is 2.14. The van der Waals surface area contributed by atoms with Crippen LogP contribution < -0.4 is 5.32 Å². The molecule has 1 heterocycles. The van der Waals surface area contributed by atoms with Gasteiger partial charge in [0.2, 0.25) is 0 Å². The lowest BCUT2D eigenvalue weighted by molar-refractivity contribution is 0.551. The predicted octanol–water partition coefficient (Wildman–Crippen LogP) is 2.62. The molecule has 0 bridgehead atoms. The normalized spacial score (nSPS) is 17.8. The molecular weight excluding hydrogens is 198 g/mol. The molecule has 3 heteroatoms. The van der Waals surface area contributed by atoms with Gasteiger partial charge >= 0.3 is 0 Å². The third-order valence-corrected chi connectivity index (χ3v) is 3.39. The molecule has 0 spiro atoms. The first-order valence-corrected chi connectivity index (χ1v) is 6.00. The van der Waals surface area contributed by atoms with Crippen LogP contribution in [0.15, 0.2) is 24.4 Å². The molecule has 1 aliphatic carbocycles. The lowest BCUT2D eigenvalue weighted by Crippen LogP contribution is -2.21. The van der Waals surface area contributed by atoms with Crippen molar-refractivity contribution in [2.75, 3.05) is 6.54 Å². The molecule has 1 fully saturated rings. The highest BCUT2D eigenvalue weighted by atomic mass is 15.1. The van der Waals surface area contributed by atoms with Crippen LogP contribution in [0, 0.1) is 5.92 Å². The zero-order valence-corrected chi connectivity index (χ0v) is 9.53. The molecule has 0 amide bonds. The van der Waals surface area contributed by atoms with Gasteiger partial charge in [0.25, 0.3) is 0 Å². The Labute approximate surface area is 95.2 Å². The quantitative estimate of drug-likeness (QED) is 0.823. The van der Waals surface area contributed by atoms with Crippen molar-refractivity contribution in [1.29, 1.82) is 0 Å². The number of hydrogen-bond donors (Lipinski definition) is 2. The second-order valence-corrected chi connectivity index (χ2v) is 4.75. The molecule has 3 nitrogen and oxygen atoms in total. The zero-order chi connectivity index (χ0) is 11.0. The SMILES string of the molecule is CC(NCC1CC1)c1cccc2[nH]ncc12. The Balaban J connectivity index is 1.82. The van der Waals surface area contributed by atoms with E-state index in [1.807, 2.05) is 6.20 Å². The molecule has 2 aromatic rings. The Hall–Kier alpha value is -1.35. The average molecular weight is 215 g/mol. The third kappa shape index (κ3) is 1.83. The zero-order valence-electron chi connectivity index (χ0n) is 9.53. The predicted molar refractivity (Wildman–Crippen MR) is 65.2 cm³/mol. The van der Waals surface area contributed by atoms with Gasteiger partial charge in [-0.05, 0) is 43.9 Å². The van der Waals surface area contributed by atoms with Gasteiger partial charge in [-0.25, -0.2) is 0 Å². The van der Waals surface area contributed by atoms with E-state index in [0.29, 0.717) is 6.04 Å². The van der Waals surface area contributed by atoms with E-state index in [9.17, 15) is 0 Å². The summed E-state index contributed by atoms with van der Waals surface area (Å²) >= 11 is 0. The van der Waals surface area contributed by atoms with Crippen LogP contribution in [0.4, 0.5) is 0 Å². The first-order valence-electron chi connectivity index (χ1n) is 6.00. The van der Waals surface area contributed by atoms with Crippen molar-refractivity contribution < 1.29 is 0 Å². The number of H-pyrrole nitrogens is 1. The number of benzene rings is 1. The van der Waals surface area contributed by atoms with Gasteiger partial charge in [-0.1, -0.05) is 12.1 Å². The average Bonchev–Trinajstić information content (AvgIpc) is 3.01. The van der Waals surface area contributed by atoms with Crippen molar-refractivity contribution in [2.24, 2.45) is 5.92 Å². The molecule has 0 radical (unpaired) electrons. The maximum Gasteiger partial charge on any atom is 0.0653 e. The minimum Gasteiger partial charge on any atom is -0.310 e. The van der Waals surface area contributed by atoms with Crippen molar-refractivity contribution in [3.63, 3.8) is 0 Å². The van der Waals surface area contributed by atoms with Crippen LogP contribution in [0.3, 0.4) is 0 Å². The summed E-state index contributed by atoms with van der Waals surface area (Å²) in [7, 11) is 0. The van der Waals surface area contributed by atoms with Crippen molar-refractivity contribution in [3.8, 4) is 0 Å². The second kappa shape index (κ2) is 3.91. The number of hydrogen-bond acceptors (Lipinski definition) is 2. The maximum absolute atomic E-state index is 4.10. The van der Waals surface area contributed by atoms with Gasteiger partial charge in [0.1, 0.15) is 0 Å². The van der Waals surface area contributed by atoms with E-state index in [4.69, 9.17) is 0 Å². The van der Waals surface area contributed by atoms with Crippen LogP contribution in [0.1, 0.15) is 31.4 Å². The van der Waals surface area contributed by atoms with E-state index in [-0.39, 0.29) is 0 Å². The standard InChI is InChI=1S/C13H17N3/c1-9(14-7-10-5-6-10)11-3-2-4-13-12(11)8-15-16-13/h2-4,8-10,14H,5-7H2,1H3,(H,15,16). The molecule has 1 aliphatic rings. The number of rotatable bonds is 4. The minimum atomic E-state index is 0.405. The molecule has 16 heavy (non-hydrogen) atoms. The van der Waals surface area contributed by atoms with E-state index < -0.39 is 0 Å². The van der Waals surface area contributed by atoms with Gasteiger partial charge < -0.3 is 5.32 Å². The van der Waals surface area contributed by atoms with Crippen molar-refractivity contribution in [3.05, 3.63) is 30.0 Å². The monoisotopic (exact) mass is 215 g/mol. The van der Waals surface area contributed by atoms with Gasteiger partial charge in [-0.3, -0.25) is 5.10 Å². The van der Waals surface area contributed by atoms with Crippen LogP contribution in [0.25, 0.3) is 10.9 Å². The first kappa shape index (κ1) is 9.85. The van der Waals surface area contributed by atoms with Crippen LogP contribution in [-0.4, -0.2) is 16.7 Å². The van der Waals surface area contributed by atoms with Crippen molar-refractivity contribution >= 4 is 10.9 Å². The van der Waals surface area contributed by atoms with Crippen LogP contribution in [0.2, 0.25) is 0 Å². The topological polar surface area (TPSA) is 40.7 Å². The smallest absolute Gasteiger partial charge is 0.0653 e. The van der Waals surface area contributed by atoms with Gasteiger partial charge in [-0.2, -0.15) is 5.10 Å².